The Balaban J connectivity index is 1.07. The van der Waals surface area contributed by atoms with Crippen LogP contribution in [0.5, 0.6) is 5.75 Å². The monoisotopic (exact) mass is 635 g/mol. The molecule has 0 aromatic heterocycles. The number of aliphatic hydroxyl groups excluding tert-OH is 1. The summed E-state index contributed by atoms with van der Waals surface area (Å²) in [6, 6.07) is 21.7. The number of anilines is 1. The summed E-state index contributed by atoms with van der Waals surface area (Å²) in [5.41, 5.74) is 3.54. The topological polar surface area (TPSA) is 108 Å². The molecule has 45 heavy (non-hydrogen) atoms. The van der Waals surface area contributed by atoms with E-state index < -0.39 is 15.9 Å². The Kier molecular flexibility index (Phi) is 11.5. The van der Waals surface area contributed by atoms with Crippen molar-refractivity contribution in [3.05, 3.63) is 89.5 Å². The quantitative estimate of drug-likeness (QED) is 0.255. The van der Waals surface area contributed by atoms with Crippen molar-refractivity contribution >= 4 is 21.4 Å². The largest absolute Gasteiger partial charge is 0.494 e. The summed E-state index contributed by atoms with van der Waals surface area (Å²) in [5, 5.41) is 12.8. The first-order valence-corrected chi connectivity index (χ1v) is 17.6. The maximum absolute atomic E-state index is 13.0. The van der Waals surface area contributed by atoms with Crippen LogP contribution in [0.15, 0.2) is 77.7 Å². The van der Waals surface area contributed by atoms with Gasteiger partial charge in [0.1, 0.15) is 5.75 Å². The predicted octanol–water partition coefficient (Wildman–Crippen LogP) is 4.11. The van der Waals surface area contributed by atoms with Gasteiger partial charge in [-0.05, 0) is 84.8 Å². The van der Waals surface area contributed by atoms with Crippen LogP contribution in [0.1, 0.15) is 47.3 Å². The molecule has 2 saturated heterocycles. The van der Waals surface area contributed by atoms with E-state index in [2.05, 4.69) is 39.4 Å². The molecule has 2 atom stereocenters. The molecule has 5 rings (SSSR count). The van der Waals surface area contributed by atoms with Crippen molar-refractivity contribution in [1.82, 2.24) is 10.2 Å². The number of nitrogens with one attached hydrogen (secondary N) is 1. The second-order valence-corrected chi connectivity index (χ2v) is 14.1. The van der Waals surface area contributed by atoms with E-state index in [1.54, 1.807) is 19.1 Å². The standard InChI is InChI=1S/C35H45N3O6S/c1-2-45(41,42)33-14-8-29(9-15-33)34(26-39)36-35(40)30-6-10-31(11-7-30)38-18-16-28(25-38)24-27-4-12-32(13-5-27)44-21-3-17-37-19-22-43-23-20-37/h4-15,28,34,39H,2-3,16-26H2,1H3,(H,36,40)/t28?,34-/m0/s1. The number of amides is 1. The average Bonchev–Trinajstić information content (AvgIpc) is 3.55. The number of hydrogen-bond donors (Lipinski definition) is 2. The zero-order chi connectivity index (χ0) is 31.6. The molecule has 9 nitrogen and oxygen atoms in total. The first-order valence-electron chi connectivity index (χ1n) is 16.0. The van der Waals surface area contributed by atoms with Crippen LogP contribution in [0.2, 0.25) is 0 Å². The van der Waals surface area contributed by atoms with Crippen LogP contribution in [0.25, 0.3) is 0 Å². The number of rotatable bonds is 14. The van der Waals surface area contributed by atoms with Crippen LogP contribution < -0.4 is 15.0 Å². The lowest BCUT2D eigenvalue weighted by atomic mass is 9.99. The number of carbonyl (C=O) groups excluding carboxylic acids is 1. The molecular formula is C35H45N3O6S. The van der Waals surface area contributed by atoms with Gasteiger partial charge in [0.15, 0.2) is 9.84 Å². The molecule has 2 N–H and O–H groups in total. The van der Waals surface area contributed by atoms with Gasteiger partial charge in [-0.25, -0.2) is 8.42 Å². The molecule has 0 aliphatic carbocycles. The van der Waals surface area contributed by atoms with Gasteiger partial charge in [0.25, 0.3) is 5.91 Å². The summed E-state index contributed by atoms with van der Waals surface area (Å²) < 4.78 is 35.6. The molecule has 10 heteroatoms. The van der Waals surface area contributed by atoms with Gasteiger partial charge in [0.05, 0.1) is 43.1 Å². The highest BCUT2D eigenvalue weighted by Gasteiger charge is 2.24. The highest BCUT2D eigenvalue weighted by atomic mass is 32.2. The van der Waals surface area contributed by atoms with Gasteiger partial charge in [-0.2, -0.15) is 0 Å². The van der Waals surface area contributed by atoms with Gasteiger partial charge in [-0.1, -0.05) is 31.2 Å². The minimum Gasteiger partial charge on any atom is -0.494 e. The van der Waals surface area contributed by atoms with E-state index >= 15 is 0 Å². The summed E-state index contributed by atoms with van der Waals surface area (Å²) in [6.45, 7) is 8.67. The molecule has 0 saturated carbocycles. The SMILES string of the molecule is CCS(=O)(=O)c1ccc([C@H](CO)NC(=O)c2ccc(N3CCC(Cc4ccc(OCCCN5CCOCC5)cc4)C3)cc2)cc1. The first-order chi connectivity index (χ1) is 21.8. The molecule has 3 aromatic rings. The van der Waals surface area contributed by atoms with Crippen molar-refractivity contribution in [1.29, 1.82) is 0 Å². The highest BCUT2D eigenvalue weighted by Crippen LogP contribution is 2.27. The molecule has 2 aliphatic heterocycles. The fourth-order valence-corrected chi connectivity index (χ4v) is 6.85. The van der Waals surface area contributed by atoms with E-state index in [9.17, 15) is 18.3 Å². The van der Waals surface area contributed by atoms with E-state index in [0.717, 1.165) is 83.2 Å². The Hall–Kier alpha value is -3.44. The van der Waals surface area contributed by atoms with Crippen molar-refractivity contribution in [2.24, 2.45) is 5.92 Å². The number of morpholine rings is 1. The van der Waals surface area contributed by atoms with Gasteiger partial charge in [-0.3, -0.25) is 9.69 Å². The maximum Gasteiger partial charge on any atom is 0.251 e. The van der Waals surface area contributed by atoms with Crippen molar-refractivity contribution in [2.75, 3.05) is 69.8 Å². The maximum atomic E-state index is 13.0. The number of benzene rings is 3. The Bertz CT molecular complexity index is 1470. The van der Waals surface area contributed by atoms with Crippen molar-refractivity contribution < 1.29 is 27.8 Å². The van der Waals surface area contributed by atoms with Crippen molar-refractivity contribution in [2.45, 2.75) is 37.1 Å². The van der Waals surface area contributed by atoms with E-state index in [0.29, 0.717) is 17.0 Å². The van der Waals surface area contributed by atoms with E-state index in [1.165, 1.54) is 17.7 Å². The number of aliphatic hydroxyl groups is 1. The van der Waals surface area contributed by atoms with Crippen LogP contribution in [-0.4, -0.2) is 89.2 Å². The molecular weight excluding hydrogens is 590 g/mol. The van der Waals surface area contributed by atoms with Gasteiger partial charge >= 0.3 is 0 Å². The predicted molar refractivity (Wildman–Crippen MR) is 176 cm³/mol. The van der Waals surface area contributed by atoms with Crippen LogP contribution in [-0.2, 0) is 21.0 Å². The normalized spacial score (nSPS) is 18.1. The first kappa shape index (κ1) is 32.9. The Labute approximate surface area is 267 Å². The second kappa shape index (κ2) is 15.7. The molecule has 2 heterocycles. The van der Waals surface area contributed by atoms with E-state index in [-0.39, 0.29) is 23.2 Å². The number of carbonyl (C=O) groups is 1. The lowest BCUT2D eigenvalue weighted by Crippen LogP contribution is -2.37. The second-order valence-electron chi connectivity index (χ2n) is 11.8. The third-order valence-corrected chi connectivity index (χ3v) is 10.5. The molecule has 0 bridgehead atoms. The number of sulfone groups is 1. The third kappa shape index (κ3) is 9.07. The number of ether oxygens (including phenoxy) is 2. The zero-order valence-electron chi connectivity index (χ0n) is 26.1. The lowest BCUT2D eigenvalue weighted by Gasteiger charge is -2.26. The molecule has 0 radical (unpaired) electrons. The van der Waals surface area contributed by atoms with Crippen molar-refractivity contribution in [3.63, 3.8) is 0 Å². The van der Waals surface area contributed by atoms with Crippen molar-refractivity contribution in [3.8, 4) is 5.75 Å². The Morgan fingerprint density at radius 1 is 1.00 bits per heavy atom. The molecule has 1 unspecified atom stereocenters. The van der Waals surface area contributed by atoms with Gasteiger partial charge in [0, 0.05) is 44.0 Å². The minimum atomic E-state index is -3.31. The highest BCUT2D eigenvalue weighted by molar-refractivity contribution is 7.91. The summed E-state index contributed by atoms with van der Waals surface area (Å²) >= 11 is 0. The number of nitrogens with zero attached hydrogens (tertiary/aromatic N) is 2. The molecule has 242 valence electrons. The summed E-state index contributed by atoms with van der Waals surface area (Å²) in [4.78, 5) is 18.0. The Morgan fingerprint density at radius 3 is 2.38 bits per heavy atom. The van der Waals surface area contributed by atoms with E-state index in [4.69, 9.17) is 9.47 Å². The van der Waals surface area contributed by atoms with Gasteiger partial charge in [-0.15, -0.1) is 0 Å². The average molecular weight is 636 g/mol. The van der Waals surface area contributed by atoms with Crippen LogP contribution in [0.3, 0.4) is 0 Å². The van der Waals surface area contributed by atoms with Crippen LogP contribution >= 0.6 is 0 Å². The lowest BCUT2D eigenvalue weighted by molar-refractivity contribution is 0.0358. The van der Waals surface area contributed by atoms with E-state index in [1.807, 2.05) is 24.3 Å². The zero-order valence-corrected chi connectivity index (χ0v) is 26.9. The fraction of sp³-hybridized carbons (Fsp3) is 0.457. The minimum absolute atomic E-state index is 0.0150. The molecule has 0 spiro atoms. The summed E-state index contributed by atoms with van der Waals surface area (Å²) in [5.74, 6) is 1.19. The summed E-state index contributed by atoms with van der Waals surface area (Å²) in [6.07, 6.45) is 3.14. The molecule has 1 amide bonds. The molecule has 3 aromatic carbocycles. The molecule has 2 fully saturated rings. The van der Waals surface area contributed by atoms with Gasteiger partial charge < -0.3 is 24.8 Å². The third-order valence-electron chi connectivity index (χ3n) is 8.73. The summed E-state index contributed by atoms with van der Waals surface area (Å²) in [7, 11) is -3.31. The van der Waals surface area contributed by atoms with Gasteiger partial charge in [0.2, 0.25) is 0 Å². The number of hydrogen-bond acceptors (Lipinski definition) is 8. The Morgan fingerprint density at radius 2 is 1.71 bits per heavy atom. The smallest absolute Gasteiger partial charge is 0.251 e. The van der Waals surface area contributed by atoms with Crippen LogP contribution in [0.4, 0.5) is 5.69 Å². The fourth-order valence-electron chi connectivity index (χ4n) is 5.97. The molecule has 2 aliphatic rings. The van der Waals surface area contributed by atoms with Crippen LogP contribution in [0, 0.1) is 5.92 Å².